The highest BCUT2D eigenvalue weighted by atomic mass is 35.5. The van der Waals surface area contributed by atoms with Gasteiger partial charge in [0.05, 0.1) is 17.3 Å². The number of halogens is 1. The Morgan fingerprint density at radius 3 is 2.47 bits per heavy atom. The Hall–Kier alpha value is -2.04. The van der Waals surface area contributed by atoms with Gasteiger partial charge in [-0.2, -0.15) is 0 Å². The molecule has 0 saturated heterocycles. The lowest BCUT2D eigenvalue weighted by Crippen LogP contribution is -2.28. The van der Waals surface area contributed by atoms with Crippen LogP contribution in [0.2, 0.25) is 5.02 Å². The summed E-state index contributed by atoms with van der Waals surface area (Å²) in [6, 6.07) is 16.1. The van der Waals surface area contributed by atoms with Crippen LogP contribution in [0.4, 0.5) is 10.5 Å². The summed E-state index contributed by atoms with van der Waals surface area (Å²) < 4.78 is 0. The molecule has 0 heterocycles. The number of carbonyl (C=O) groups excluding carboxylic acids is 1. The second-order valence-electron chi connectivity index (χ2n) is 3.81. The normalized spacial score (nSPS) is 9.95. The number of benzene rings is 2. The topological polar surface area (TPSA) is 50.4 Å². The summed E-state index contributed by atoms with van der Waals surface area (Å²) in [6.07, 6.45) is 0. The third-order valence-corrected chi connectivity index (χ3v) is 2.70. The molecule has 2 aromatic carbocycles. The monoisotopic (exact) mass is 276 g/mol. The smallest absolute Gasteiger partial charge is 0.305 e. The first-order chi connectivity index (χ1) is 9.25. The van der Waals surface area contributed by atoms with Gasteiger partial charge in [0, 0.05) is 0 Å². The maximum Gasteiger partial charge on any atom is 0.343 e. The second kappa shape index (κ2) is 6.78. The minimum Gasteiger partial charge on any atom is -0.305 e. The van der Waals surface area contributed by atoms with Crippen molar-refractivity contribution >= 4 is 23.3 Å². The summed E-state index contributed by atoms with van der Waals surface area (Å²) in [5.74, 6) is 0. The number of urea groups is 1. The Labute approximate surface area is 116 Å². The molecular formula is C14H13ClN2O2. The Bertz CT molecular complexity index is 546. The molecule has 0 saturated carbocycles. The Morgan fingerprint density at radius 1 is 1.05 bits per heavy atom. The van der Waals surface area contributed by atoms with Crippen molar-refractivity contribution in [2.24, 2.45) is 0 Å². The van der Waals surface area contributed by atoms with Gasteiger partial charge in [-0.3, -0.25) is 4.84 Å². The number of hydrogen-bond acceptors (Lipinski definition) is 2. The quantitative estimate of drug-likeness (QED) is 0.839. The average molecular weight is 277 g/mol. The number of para-hydroxylation sites is 1. The maximum atomic E-state index is 11.5. The molecule has 0 fully saturated rings. The van der Waals surface area contributed by atoms with Gasteiger partial charge >= 0.3 is 6.03 Å². The van der Waals surface area contributed by atoms with E-state index in [1.54, 1.807) is 24.3 Å². The van der Waals surface area contributed by atoms with Gasteiger partial charge in [-0.05, 0) is 17.7 Å². The third-order valence-electron chi connectivity index (χ3n) is 2.37. The Morgan fingerprint density at radius 2 is 1.74 bits per heavy atom. The Balaban J connectivity index is 1.78. The van der Waals surface area contributed by atoms with Crippen LogP contribution in [-0.2, 0) is 11.4 Å². The van der Waals surface area contributed by atoms with Crippen LogP contribution in [-0.4, -0.2) is 6.03 Å². The molecule has 2 rings (SSSR count). The fraction of sp³-hybridized carbons (Fsp3) is 0.0714. The fourth-order valence-electron chi connectivity index (χ4n) is 1.47. The van der Waals surface area contributed by atoms with E-state index in [0.717, 1.165) is 5.56 Å². The summed E-state index contributed by atoms with van der Waals surface area (Å²) in [6.45, 7) is 0.302. The van der Waals surface area contributed by atoms with E-state index >= 15 is 0 Å². The highest BCUT2D eigenvalue weighted by Crippen LogP contribution is 2.19. The van der Waals surface area contributed by atoms with Crippen molar-refractivity contribution in [3.8, 4) is 0 Å². The number of anilines is 1. The summed E-state index contributed by atoms with van der Waals surface area (Å²) in [5.41, 5.74) is 3.80. The molecule has 0 atom stereocenters. The number of rotatable bonds is 4. The predicted molar refractivity (Wildman–Crippen MR) is 74.8 cm³/mol. The van der Waals surface area contributed by atoms with Crippen molar-refractivity contribution in [2.75, 3.05) is 5.32 Å². The largest absolute Gasteiger partial charge is 0.343 e. The highest BCUT2D eigenvalue weighted by molar-refractivity contribution is 6.33. The molecule has 0 aromatic heterocycles. The van der Waals surface area contributed by atoms with Crippen LogP contribution in [0.5, 0.6) is 0 Å². The van der Waals surface area contributed by atoms with Crippen molar-refractivity contribution in [1.82, 2.24) is 5.48 Å². The van der Waals surface area contributed by atoms with Crippen LogP contribution >= 0.6 is 11.6 Å². The minimum atomic E-state index is -0.468. The van der Waals surface area contributed by atoms with Gasteiger partial charge in [-0.15, -0.1) is 0 Å². The van der Waals surface area contributed by atoms with E-state index in [4.69, 9.17) is 16.4 Å². The fourth-order valence-corrected chi connectivity index (χ4v) is 1.65. The molecule has 2 aromatic rings. The first-order valence-corrected chi connectivity index (χ1v) is 6.11. The van der Waals surface area contributed by atoms with Crippen LogP contribution in [0.15, 0.2) is 54.6 Å². The summed E-state index contributed by atoms with van der Waals surface area (Å²) in [5, 5.41) is 3.06. The van der Waals surface area contributed by atoms with E-state index in [0.29, 0.717) is 17.3 Å². The van der Waals surface area contributed by atoms with Crippen molar-refractivity contribution < 1.29 is 9.63 Å². The van der Waals surface area contributed by atoms with Crippen molar-refractivity contribution in [3.63, 3.8) is 0 Å². The summed E-state index contributed by atoms with van der Waals surface area (Å²) in [7, 11) is 0. The zero-order chi connectivity index (χ0) is 13.5. The van der Waals surface area contributed by atoms with E-state index in [-0.39, 0.29) is 0 Å². The summed E-state index contributed by atoms with van der Waals surface area (Å²) in [4.78, 5) is 16.6. The Kier molecular flexibility index (Phi) is 4.78. The van der Waals surface area contributed by atoms with Crippen LogP contribution in [0.3, 0.4) is 0 Å². The number of hydrogen-bond donors (Lipinski definition) is 2. The van der Waals surface area contributed by atoms with Crippen molar-refractivity contribution in [1.29, 1.82) is 0 Å². The first-order valence-electron chi connectivity index (χ1n) is 5.73. The van der Waals surface area contributed by atoms with Crippen LogP contribution in [0.25, 0.3) is 0 Å². The van der Waals surface area contributed by atoms with Gasteiger partial charge in [0.25, 0.3) is 0 Å². The van der Waals surface area contributed by atoms with E-state index in [1.807, 2.05) is 30.3 Å². The lowest BCUT2D eigenvalue weighted by molar-refractivity contribution is 0.0536. The average Bonchev–Trinajstić information content (AvgIpc) is 2.43. The number of amides is 2. The molecule has 0 spiro atoms. The van der Waals surface area contributed by atoms with E-state index < -0.39 is 6.03 Å². The van der Waals surface area contributed by atoms with Gasteiger partial charge < -0.3 is 5.32 Å². The maximum absolute atomic E-state index is 11.5. The molecule has 19 heavy (non-hydrogen) atoms. The highest BCUT2D eigenvalue weighted by Gasteiger charge is 2.04. The van der Waals surface area contributed by atoms with E-state index in [1.165, 1.54) is 0 Å². The van der Waals surface area contributed by atoms with E-state index in [2.05, 4.69) is 10.8 Å². The number of nitrogens with one attached hydrogen (secondary N) is 2. The summed E-state index contributed by atoms with van der Waals surface area (Å²) >= 11 is 5.91. The van der Waals surface area contributed by atoms with Crippen molar-refractivity contribution in [2.45, 2.75) is 6.61 Å². The molecule has 0 aliphatic heterocycles. The van der Waals surface area contributed by atoms with Crippen LogP contribution in [0, 0.1) is 0 Å². The zero-order valence-electron chi connectivity index (χ0n) is 10.1. The molecule has 0 bridgehead atoms. The molecule has 98 valence electrons. The SMILES string of the molecule is O=C(NOCc1ccccc1)Nc1ccccc1Cl. The number of hydroxylamine groups is 1. The molecule has 2 amide bonds. The molecule has 0 aliphatic rings. The standard InChI is InChI=1S/C14H13ClN2O2/c15-12-8-4-5-9-13(12)16-14(18)17-19-10-11-6-2-1-3-7-11/h1-9H,10H2,(H2,16,17,18). The molecule has 5 heteroatoms. The molecule has 4 nitrogen and oxygen atoms in total. The van der Waals surface area contributed by atoms with Gasteiger partial charge in [0.2, 0.25) is 0 Å². The minimum absolute atomic E-state index is 0.302. The van der Waals surface area contributed by atoms with E-state index in [9.17, 15) is 4.79 Å². The van der Waals surface area contributed by atoms with Crippen LogP contribution in [0.1, 0.15) is 5.56 Å². The third kappa shape index (κ3) is 4.28. The number of carbonyl (C=O) groups is 1. The van der Waals surface area contributed by atoms with Crippen molar-refractivity contribution in [3.05, 3.63) is 65.2 Å². The first kappa shape index (κ1) is 13.4. The molecule has 0 radical (unpaired) electrons. The molecule has 0 unspecified atom stereocenters. The molecule has 2 N–H and O–H groups in total. The van der Waals surface area contributed by atoms with Gasteiger partial charge in [0.15, 0.2) is 0 Å². The molecular weight excluding hydrogens is 264 g/mol. The lowest BCUT2D eigenvalue weighted by atomic mass is 10.2. The predicted octanol–water partition coefficient (Wildman–Crippen LogP) is 3.59. The van der Waals surface area contributed by atoms with Gasteiger partial charge in [-0.25, -0.2) is 10.3 Å². The van der Waals surface area contributed by atoms with Crippen LogP contribution < -0.4 is 10.8 Å². The molecule has 0 aliphatic carbocycles. The van der Waals surface area contributed by atoms with Gasteiger partial charge in [-0.1, -0.05) is 54.1 Å². The zero-order valence-corrected chi connectivity index (χ0v) is 10.9. The van der Waals surface area contributed by atoms with Gasteiger partial charge in [0.1, 0.15) is 0 Å². The second-order valence-corrected chi connectivity index (χ2v) is 4.22. The lowest BCUT2D eigenvalue weighted by Gasteiger charge is -2.08.